The van der Waals surface area contributed by atoms with Gasteiger partial charge < -0.3 is 14.7 Å². The number of β-amino-alcohol motifs (C(OH)–C–C–N with tert-alkyl or cyclic N) is 1. The van der Waals surface area contributed by atoms with E-state index in [0.29, 0.717) is 26.0 Å². The lowest BCUT2D eigenvalue weighted by atomic mass is 9.95. The van der Waals surface area contributed by atoms with Crippen molar-refractivity contribution < 1.29 is 14.6 Å². The lowest BCUT2D eigenvalue weighted by molar-refractivity contribution is -0.137. The minimum Gasteiger partial charge on any atom is -0.494 e. The summed E-state index contributed by atoms with van der Waals surface area (Å²) in [6.45, 7) is 3.52. The molecule has 0 bridgehead atoms. The monoisotopic (exact) mass is 355 g/mol. The molecule has 1 N–H and O–H groups in total. The summed E-state index contributed by atoms with van der Waals surface area (Å²) in [4.78, 5) is 13.9. The van der Waals surface area contributed by atoms with Crippen molar-refractivity contribution in [3.63, 3.8) is 0 Å². The van der Waals surface area contributed by atoms with Crippen LogP contribution in [-0.4, -0.2) is 41.2 Å². The fraction of sp³-hybridized carbons (Fsp3) is 0.562. The van der Waals surface area contributed by atoms with E-state index < -0.39 is 5.60 Å². The quantitative estimate of drug-likeness (QED) is 0.826. The zero-order valence-electron chi connectivity index (χ0n) is 12.3. The first kappa shape index (κ1) is 16.3. The van der Waals surface area contributed by atoms with E-state index in [2.05, 4.69) is 15.9 Å². The van der Waals surface area contributed by atoms with Crippen LogP contribution in [-0.2, 0) is 4.79 Å². The van der Waals surface area contributed by atoms with Gasteiger partial charge in [0.1, 0.15) is 5.75 Å². The van der Waals surface area contributed by atoms with Crippen LogP contribution in [0, 0.1) is 0 Å². The maximum Gasteiger partial charge on any atom is 0.222 e. The van der Waals surface area contributed by atoms with Crippen LogP contribution in [0.3, 0.4) is 0 Å². The van der Waals surface area contributed by atoms with E-state index in [1.807, 2.05) is 24.3 Å². The van der Waals surface area contributed by atoms with Gasteiger partial charge in [-0.3, -0.25) is 4.79 Å². The third-order valence-corrected chi connectivity index (χ3v) is 4.17. The van der Waals surface area contributed by atoms with Gasteiger partial charge in [0.15, 0.2) is 0 Å². The van der Waals surface area contributed by atoms with Gasteiger partial charge in [-0.05, 0) is 50.5 Å². The van der Waals surface area contributed by atoms with Gasteiger partial charge in [-0.1, -0.05) is 15.9 Å². The van der Waals surface area contributed by atoms with E-state index in [1.165, 1.54) is 0 Å². The molecule has 1 saturated heterocycles. The predicted molar refractivity (Wildman–Crippen MR) is 85.3 cm³/mol. The van der Waals surface area contributed by atoms with Gasteiger partial charge in [-0.2, -0.15) is 0 Å². The summed E-state index contributed by atoms with van der Waals surface area (Å²) in [6, 6.07) is 7.65. The summed E-state index contributed by atoms with van der Waals surface area (Å²) in [5.41, 5.74) is -0.734. The van der Waals surface area contributed by atoms with Gasteiger partial charge in [0, 0.05) is 24.0 Å². The normalized spacial score (nSPS) is 22.1. The molecule has 5 heteroatoms. The molecule has 0 radical (unpaired) electrons. The summed E-state index contributed by atoms with van der Waals surface area (Å²) in [5, 5.41) is 10.0. The zero-order valence-corrected chi connectivity index (χ0v) is 13.9. The number of nitrogens with zero attached hydrogens (tertiary/aromatic N) is 1. The second-order valence-electron chi connectivity index (χ2n) is 5.82. The van der Waals surface area contributed by atoms with Crippen molar-refractivity contribution in [1.82, 2.24) is 4.90 Å². The van der Waals surface area contributed by atoms with Crippen molar-refractivity contribution >= 4 is 21.8 Å². The Morgan fingerprint density at radius 3 is 2.81 bits per heavy atom. The fourth-order valence-corrected chi connectivity index (χ4v) is 2.80. The molecule has 2 rings (SSSR count). The first-order valence-corrected chi connectivity index (χ1v) is 8.14. The molecule has 1 fully saturated rings. The summed E-state index contributed by atoms with van der Waals surface area (Å²) >= 11 is 3.37. The third kappa shape index (κ3) is 5.32. The molecule has 0 saturated carbocycles. The maximum absolute atomic E-state index is 12.1. The molecule has 1 unspecified atom stereocenters. The van der Waals surface area contributed by atoms with Crippen molar-refractivity contribution in [1.29, 1.82) is 0 Å². The Kier molecular flexibility index (Phi) is 5.65. The molecule has 4 nitrogen and oxygen atoms in total. The van der Waals surface area contributed by atoms with E-state index in [-0.39, 0.29) is 5.91 Å². The SMILES string of the molecule is CC1(O)CCCN(C(=O)CCCOc2ccc(Br)cc2)C1. The second kappa shape index (κ2) is 7.27. The predicted octanol–water partition coefficient (Wildman–Crippen LogP) is 2.98. The first-order valence-electron chi connectivity index (χ1n) is 7.35. The molecular weight excluding hydrogens is 334 g/mol. The molecule has 1 aliphatic heterocycles. The van der Waals surface area contributed by atoms with Crippen molar-refractivity contribution in [3.8, 4) is 5.75 Å². The molecule has 116 valence electrons. The number of rotatable bonds is 5. The van der Waals surface area contributed by atoms with Gasteiger partial charge in [0.05, 0.1) is 12.2 Å². The highest BCUT2D eigenvalue weighted by atomic mass is 79.9. The fourth-order valence-electron chi connectivity index (χ4n) is 2.54. The number of halogens is 1. The third-order valence-electron chi connectivity index (χ3n) is 3.64. The minimum atomic E-state index is -0.734. The number of likely N-dealkylation sites (tertiary alicyclic amines) is 1. The summed E-state index contributed by atoms with van der Waals surface area (Å²) < 4.78 is 6.61. The van der Waals surface area contributed by atoms with Crippen LogP contribution in [0.4, 0.5) is 0 Å². The second-order valence-corrected chi connectivity index (χ2v) is 6.74. The number of amides is 1. The molecule has 0 aromatic heterocycles. The van der Waals surface area contributed by atoms with E-state index in [9.17, 15) is 9.90 Å². The average molecular weight is 356 g/mol. The molecule has 21 heavy (non-hydrogen) atoms. The van der Waals surface area contributed by atoms with Gasteiger partial charge >= 0.3 is 0 Å². The van der Waals surface area contributed by atoms with Gasteiger partial charge in [0.2, 0.25) is 5.91 Å². The van der Waals surface area contributed by atoms with Gasteiger partial charge in [-0.25, -0.2) is 0 Å². The van der Waals surface area contributed by atoms with Crippen LogP contribution in [0.5, 0.6) is 5.75 Å². The lowest BCUT2D eigenvalue weighted by Gasteiger charge is -2.36. The Bertz CT molecular complexity index is 473. The van der Waals surface area contributed by atoms with Crippen molar-refractivity contribution in [2.45, 2.75) is 38.2 Å². The molecule has 1 aromatic rings. The highest BCUT2D eigenvalue weighted by Crippen LogP contribution is 2.21. The summed E-state index contributed by atoms with van der Waals surface area (Å²) in [6.07, 6.45) is 2.79. The molecule has 1 heterocycles. The Morgan fingerprint density at radius 1 is 1.43 bits per heavy atom. The Morgan fingerprint density at radius 2 is 2.14 bits per heavy atom. The van der Waals surface area contributed by atoms with Gasteiger partial charge in [0.25, 0.3) is 0 Å². The van der Waals surface area contributed by atoms with Gasteiger partial charge in [-0.15, -0.1) is 0 Å². The van der Waals surface area contributed by atoms with Crippen molar-refractivity contribution in [2.75, 3.05) is 19.7 Å². The Balaban J connectivity index is 1.68. The largest absolute Gasteiger partial charge is 0.494 e. The van der Waals surface area contributed by atoms with Crippen molar-refractivity contribution in [3.05, 3.63) is 28.7 Å². The van der Waals surface area contributed by atoms with Crippen molar-refractivity contribution in [2.24, 2.45) is 0 Å². The van der Waals surface area contributed by atoms with Crippen LogP contribution in [0.2, 0.25) is 0 Å². The van der Waals surface area contributed by atoms with Crippen LogP contribution in [0.15, 0.2) is 28.7 Å². The Hall–Kier alpha value is -1.07. The van der Waals surface area contributed by atoms with E-state index in [4.69, 9.17) is 4.74 Å². The number of piperidine rings is 1. The topological polar surface area (TPSA) is 49.8 Å². The standard InChI is InChI=1S/C16H22BrNO3/c1-16(20)9-3-10-18(12-16)15(19)4-2-11-21-14-7-5-13(17)6-8-14/h5-8,20H,2-4,9-12H2,1H3. The number of hydrogen-bond donors (Lipinski definition) is 1. The number of hydrogen-bond acceptors (Lipinski definition) is 3. The smallest absolute Gasteiger partial charge is 0.222 e. The lowest BCUT2D eigenvalue weighted by Crippen LogP contribution is -2.48. The molecular formula is C16H22BrNO3. The minimum absolute atomic E-state index is 0.106. The highest BCUT2D eigenvalue weighted by molar-refractivity contribution is 9.10. The molecule has 1 amide bonds. The zero-order chi connectivity index (χ0) is 15.3. The van der Waals surface area contributed by atoms with E-state index in [1.54, 1.807) is 11.8 Å². The molecule has 0 spiro atoms. The molecule has 1 aliphatic rings. The van der Waals surface area contributed by atoms with E-state index >= 15 is 0 Å². The summed E-state index contributed by atoms with van der Waals surface area (Å²) in [5.74, 6) is 0.918. The number of ether oxygens (including phenoxy) is 1. The maximum atomic E-state index is 12.1. The number of carbonyl (C=O) groups is 1. The van der Waals surface area contributed by atoms with Crippen LogP contribution >= 0.6 is 15.9 Å². The Labute approximate surface area is 134 Å². The van der Waals surface area contributed by atoms with Crippen LogP contribution in [0.25, 0.3) is 0 Å². The first-order chi connectivity index (χ1) is 9.96. The molecule has 0 aliphatic carbocycles. The number of aliphatic hydroxyl groups is 1. The molecule has 1 atom stereocenters. The summed E-state index contributed by atoms with van der Waals surface area (Å²) in [7, 11) is 0. The van der Waals surface area contributed by atoms with E-state index in [0.717, 1.165) is 29.6 Å². The number of benzene rings is 1. The average Bonchev–Trinajstić information content (AvgIpc) is 2.44. The molecule has 1 aromatic carbocycles. The highest BCUT2D eigenvalue weighted by Gasteiger charge is 2.30. The number of carbonyl (C=O) groups excluding carboxylic acids is 1. The van der Waals surface area contributed by atoms with Crippen LogP contribution in [0.1, 0.15) is 32.6 Å². The van der Waals surface area contributed by atoms with Crippen LogP contribution < -0.4 is 4.74 Å².